The maximum atomic E-state index is 5.78. The number of halogens is 3. The van der Waals surface area contributed by atoms with E-state index in [1.165, 1.54) is 0 Å². The van der Waals surface area contributed by atoms with Crippen molar-refractivity contribution in [3.8, 4) is 0 Å². The molecule has 0 bridgehead atoms. The van der Waals surface area contributed by atoms with E-state index in [0.717, 1.165) is 8.95 Å². The minimum atomic E-state index is 0.550. The Kier molecular flexibility index (Phi) is 2.61. The maximum absolute atomic E-state index is 5.78. The summed E-state index contributed by atoms with van der Waals surface area (Å²) in [6.45, 7) is 0. The highest BCUT2D eigenvalue weighted by Crippen LogP contribution is 2.34. The minimum absolute atomic E-state index is 0.550. The predicted octanol–water partition coefficient (Wildman–Crippen LogP) is 3.45. The molecule has 1 rings (SSSR count). The molecule has 0 amide bonds. The summed E-state index contributed by atoms with van der Waals surface area (Å²) in [4.78, 5) is 0. The Morgan fingerprint density at radius 2 is 1.90 bits per heavy atom. The van der Waals surface area contributed by atoms with E-state index < -0.39 is 0 Å². The summed E-state index contributed by atoms with van der Waals surface area (Å²) in [5.41, 5.74) is 6.09. The maximum Gasteiger partial charge on any atom is 0.0788 e. The fraction of sp³-hybridized carbons (Fsp3) is 0. The summed E-state index contributed by atoms with van der Waals surface area (Å²) < 4.78 is 1.71. The summed E-state index contributed by atoms with van der Waals surface area (Å²) in [5.74, 6) is 0. The van der Waals surface area contributed by atoms with Crippen molar-refractivity contribution in [2.75, 3.05) is 5.73 Å². The van der Waals surface area contributed by atoms with Gasteiger partial charge in [0.25, 0.3) is 0 Å². The molecule has 0 radical (unpaired) electrons. The molecule has 1 aromatic carbocycles. The van der Waals surface area contributed by atoms with E-state index in [2.05, 4.69) is 31.9 Å². The average Bonchev–Trinajstić information content (AvgIpc) is 1.93. The van der Waals surface area contributed by atoms with Crippen LogP contribution in [-0.4, -0.2) is 0 Å². The number of hydrogen-bond donors (Lipinski definition) is 1. The van der Waals surface area contributed by atoms with Crippen molar-refractivity contribution in [3.05, 3.63) is 26.1 Å². The van der Waals surface area contributed by atoms with Crippen molar-refractivity contribution in [2.24, 2.45) is 0 Å². The van der Waals surface area contributed by atoms with Crippen LogP contribution in [0.3, 0.4) is 0 Å². The molecule has 0 aliphatic carbocycles. The molecule has 10 heavy (non-hydrogen) atoms. The van der Waals surface area contributed by atoms with E-state index in [9.17, 15) is 0 Å². The highest BCUT2D eigenvalue weighted by molar-refractivity contribution is 9.13. The molecule has 0 heterocycles. The second kappa shape index (κ2) is 3.11. The first-order valence-electron chi connectivity index (χ1n) is 2.52. The zero-order chi connectivity index (χ0) is 7.72. The van der Waals surface area contributed by atoms with E-state index in [0.29, 0.717) is 10.7 Å². The number of nitrogens with two attached hydrogens (primary N) is 1. The fourth-order valence-corrected chi connectivity index (χ4v) is 1.51. The molecule has 4 heteroatoms. The number of nitrogen functional groups attached to an aromatic ring is 1. The van der Waals surface area contributed by atoms with Gasteiger partial charge in [-0.1, -0.05) is 11.6 Å². The molecule has 0 saturated carbocycles. The van der Waals surface area contributed by atoms with Gasteiger partial charge in [0.2, 0.25) is 0 Å². The van der Waals surface area contributed by atoms with Crippen molar-refractivity contribution in [3.63, 3.8) is 0 Å². The van der Waals surface area contributed by atoms with Gasteiger partial charge in [-0.05, 0) is 44.0 Å². The van der Waals surface area contributed by atoms with Gasteiger partial charge in [0.15, 0.2) is 0 Å². The van der Waals surface area contributed by atoms with Gasteiger partial charge < -0.3 is 5.73 Å². The lowest BCUT2D eigenvalue weighted by atomic mass is 10.3. The molecule has 1 aromatic rings. The van der Waals surface area contributed by atoms with Gasteiger partial charge in [0.05, 0.1) is 15.2 Å². The lowest BCUT2D eigenvalue weighted by molar-refractivity contribution is 1.58. The Labute approximate surface area is 80.8 Å². The first-order valence-corrected chi connectivity index (χ1v) is 4.48. The van der Waals surface area contributed by atoms with Crippen molar-refractivity contribution in [1.29, 1.82) is 0 Å². The smallest absolute Gasteiger partial charge is 0.0788 e. The third-order valence-corrected chi connectivity index (χ3v) is 3.72. The SMILES string of the molecule is Nc1ccc(Br)c(Br)c1Cl. The molecule has 0 spiro atoms. The average molecular weight is 285 g/mol. The quantitative estimate of drug-likeness (QED) is 0.573. The van der Waals surface area contributed by atoms with Gasteiger partial charge in [0, 0.05) is 4.47 Å². The Bertz CT molecular complexity index is 235. The Morgan fingerprint density at radius 1 is 1.30 bits per heavy atom. The lowest BCUT2D eigenvalue weighted by Crippen LogP contribution is -1.86. The number of benzene rings is 1. The van der Waals surface area contributed by atoms with E-state index in [1.54, 1.807) is 6.07 Å². The molecule has 0 aliphatic rings. The van der Waals surface area contributed by atoms with E-state index in [1.807, 2.05) is 6.07 Å². The molecule has 0 aromatic heterocycles. The second-order valence-corrected chi connectivity index (χ2v) is 3.79. The van der Waals surface area contributed by atoms with Crippen LogP contribution < -0.4 is 5.73 Å². The topological polar surface area (TPSA) is 26.0 Å². The van der Waals surface area contributed by atoms with Gasteiger partial charge in [0.1, 0.15) is 0 Å². The Hall–Kier alpha value is 0.270. The van der Waals surface area contributed by atoms with Crippen molar-refractivity contribution < 1.29 is 0 Å². The van der Waals surface area contributed by atoms with Gasteiger partial charge >= 0.3 is 0 Å². The normalized spacial score (nSPS) is 9.90. The van der Waals surface area contributed by atoms with Crippen molar-refractivity contribution in [2.45, 2.75) is 0 Å². The lowest BCUT2D eigenvalue weighted by Gasteiger charge is -2.00. The molecular weight excluding hydrogens is 281 g/mol. The molecule has 0 fully saturated rings. The fourth-order valence-electron chi connectivity index (χ4n) is 0.541. The van der Waals surface area contributed by atoms with Crippen LogP contribution in [0.2, 0.25) is 5.02 Å². The highest BCUT2D eigenvalue weighted by Gasteiger charge is 2.03. The molecule has 2 N–H and O–H groups in total. The zero-order valence-electron chi connectivity index (χ0n) is 4.87. The van der Waals surface area contributed by atoms with Crippen LogP contribution in [0.15, 0.2) is 21.1 Å². The summed E-state index contributed by atoms with van der Waals surface area (Å²) in [6.07, 6.45) is 0. The Morgan fingerprint density at radius 3 is 2.40 bits per heavy atom. The molecule has 0 aliphatic heterocycles. The number of hydrogen-bond acceptors (Lipinski definition) is 1. The Balaban J connectivity index is 3.34. The van der Waals surface area contributed by atoms with E-state index in [-0.39, 0.29) is 0 Å². The summed E-state index contributed by atoms with van der Waals surface area (Å²) in [7, 11) is 0. The summed E-state index contributed by atoms with van der Waals surface area (Å²) >= 11 is 12.3. The molecular formula is C6H4Br2ClN. The third-order valence-electron chi connectivity index (χ3n) is 1.07. The van der Waals surface area contributed by atoms with E-state index in [4.69, 9.17) is 17.3 Å². The van der Waals surface area contributed by atoms with E-state index >= 15 is 0 Å². The van der Waals surface area contributed by atoms with Crippen LogP contribution in [0.4, 0.5) is 5.69 Å². The van der Waals surface area contributed by atoms with Gasteiger partial charge in [-0.2, -0.15) is 0 Å². The first-order chi connectivity index (χ1) is 4.63. The number of rotatable bonds is 0. The van der Waals surface area contributed by atoms with Gasteiger partial charge in [-0.15, -0.1) is 0 Å². The number of anilines is 1. The molecule has 0 saturated heterocycles. The summed E-state index contributed by atoms with van der Waals surface area (Å²) in [6, 6.07) is 3.59. The predicted molar refractivity (Wildman–Crippen MR) is 51.3 cm³/mol. The molecule has 0 atom stereocenters. The monoisotopic (exact) mass is 283 g/mol. The second-order valence-electron chi connectivity index (χ2n) is 1.76. The van der Waals surface area contributed by atoms with Crippen molar-refractivity contribution in [1.82, 2.24) is 0 Å². The minimum Gasteiger partial charge on any atom is -0.397 e. The summed E-state index contributed by atoms with van der Waals surface area (Å²) in [5, 5.41) is 0.550. The van der Waals surface area contributed by atoms with Crippen LogP contribution >= 0.6 is 43.5 Å². The van der Waals surface area contributed by atoms with Gasteiger partial charge in [-0.3, -0.25) is 0 Å². The van der Waals surface area contributed by atoms with Crippen LogP contribution in [0.1, 0.15) is 0 Å². The standard InChI is InChI=1S/C6H4Br2ClN/c7-3-1-2-4(10)6(9)5(3)8/h1-2H,10H2. The van der Waals surface area contributed by atoms with Crippen molar-refractivity contribution >= 4 is 49.1 Å². The van der Waals surface area contributed by atoms with Crippen LogP contribution in [0, 0.1) is 0 Å². The first kappa shape index (κ1) is 8.37. The molecule has 0 unspecified atom stereocenters. The molecule has 1 nitrogen and oxygen atoms in total. The largest absolute Gasteiger partial charge is 0.397 e. The van der Waals surface area contributed by atoms with Gasteiger partial charge in [-0.25, -0.2) is 0 Å². The van der Waals surface area contributed by atoms with Crippen LogP contribution in [0.5, 0.6) is 0 Å². The third kappa shape index (κ3) is 1.47. The van der Waals surface area contributed by atoms with Crippen LogP contribution in [0.25, 0.3) is 0 Å². The molecule has 54 valence electrons. The zero-order valence-corrected chi connectivity index (χ0v) is 8.79. The highest BCUT2D eigenvalue weighted by atomic mass is 79.9. The van der Waals surface area contributed by atoms with Crippen LogP contribution in [-0.2, 0) is 0 Å².